The zero-order valence-corrected chi connectivity index (χ0v) is 16.7. The van der Waals surface area contributed by atoms with E-state index in [0.29, 0.717) is 6.54 Å². The van der Waals surface area contributed by atoms with Gasteiger partial charge in [-0.2, -0.15) is 0 Å². The van der Waals surface area contributed by atoms with Gasteiger partial charge in [0.25, 0.3) is 0 Å². The fourth-order valence-corrected chi connectivity index (χ4v) is 3.61. The molecule has 0 spiro atoms. The van der Waals surface area contributed by atoms with Crippen molar-refractivity contribution in [3.63, 3.8) is 0 Å². The summed E-state index contributed by atoms with van der Waals surface area (Å²) in [6.45, 7) is 5.68. The Balaban J connectivity index is 1.46. The van der Waals surface area contributed by atoms with Crippen molar-refractivity contribution < 1.29 is 9.53 Å². The number of amides is 1. The van der Waals surface area contributed by atoms with Crippen LogP contribution in [0.5, 0.6) is 5.75 Å². The first-order valence-electron chi connectivity index (χ1n) is 10.0. The van der Waals surface area contributed by atoms with Crippen LogP contribution in [0.2, 0.25) is 0 Å². The minimum atomic E-state index is -0.226. The van der Waals surface area contributed by atoms with Gasteiger partial charge in [-0.25, -0.2) is 0 Å². The molecule has 3 rings (SSSR count). The normalized spacial score (nSPS) is 21.4. The first-order valence-corrected chi connectivity index (χ1v) is 10.0. The van der Waals surface area contributed by atoms with Gasteiger partial charge in [0, 0.05) is 38.0 Å². The number of nitrogens with zero attached hydrogens (tertiary/aromatic N) is 1. The minimum Gasteiger partial charge on any atom is -0.487 e. The Bertz CT molecular complexity index is 683. The number of hydrogen-bond acceptors (Lipinski definition) is 3. The molecular formula is C21H32N4O2. The molecule has 0 aromatic heterocycles. The average Bonchev–Trinajstić information content (AvgIpc) is 2.57. The van der Waals surface area contributed by atoms with Crippen molar-refractivity contribution in [2.24, 2.45) is 10.9 Å². The molecule has 1 atom stereocenters. The molecule has 1 aliphatic carbocycles. The molecule has 148 valence electrons. The number of benzene rings is 1. The summed E-state index contributed by atoms with van der Waals surface area (Å²) >= 11 is 0. The summed E-state index contributed by atoms with van der Waals surface area (Å²) in [5.41, 5.74) is 0.934. The molecule has 1 heterocycles. The van der Waals surface area contributed by atoms with Crippen molar-refractivity contribution in [2.45, 2.75) is 57.6 Å². The van der Waals surface area contributed by atoms with Crippen molar-refractivity contribution in [1.29, 1.82) is 0 Å². The monoisotopic (exact) mass is 372 g/mol. The maximum atomic E-state index is 11.8. The molecule has 6 heteroatoms. The number of nitrogens with one attached hydrogen (secondary N) is 3. The summed E-state index contributed by atoms with van der Waals surface area (Å²) in [7, 11) is 1.78. The van der Waals surface area contributed by atoms with Gasteiger partial charge >= 0.3 is 0 Å². The second-order valence-electron chi connectivity index (χ2n) is 8.07. The van der Waals surface area contributed by atoms with Crippen LogP contribution < -0.4 is 20.7 Å². The molecule has 1 aromatic carbocycles. The summed E-state index contributed by atoms with van der Waals surface area (Å²) in [4.78, 5) is 16.2. The van der Waals surface area contributed by atoms with Gasteiger partial charge in [0.05, 0.1) is 6.04 Å². The number of ether oxygens (including phenoxy) is 1. The van der Waals surface area contributed by atoms with Gasteiger partial charge in [0.1, 0.15) is 11.4 Å². The van der Waals surface area contributed by atoms with Crippen LogP contribution >= 0.6 is 0 Å². The number of guanidine groups is 1. The van der Waals surface area contributed by atoms with Crippen molar-refractivity contribution in [2.75, 3.05) is 20.1 Å². The van der Waals surface area contributed by atoms with Crippen LogP contribution in [-0.4, -0.2) is 37.6 Å². The Morgan fingerprint density at radius 3 is 2.67 bits per heavy atom. The van der Waals surface area contributed by atoms with Gasteiger partial charge in [0.15, 0.2) is 5.96 Å². The predicted octanol–water partition coefficient (Wildman–Crippen LogP) is 2.76. The van der Waals surface area contributed by atoms with E-state index in [0.717, 1.165) is 49.5 Å². The standard InChI is InChI=1S/C21H32N4O2/c1-21(2)14-17(16-10-4-5-11-18(16)27-21)25-20(22-3)24-13-7-12-23-19(26)15-8-6-9-15/h4-5,10-11,15,17H,6-9,12-14H2,1-3H3,(H,23,26)(H2,22,24,25). The van der Waals surface area contributed by atoms with E-state index in [1.807, 2.05) is 18.2 Å². The van der Waals surface area contributed by atoms with E-state index in [-0.39, 0.29) is 23.5 Å². The molecule has 0 saturated heterocycles. The fourth-order valence-electron chi connectivity index (χ4n) is 3.61. The Morgan fingerprint density at radius 2 is 1.96 bits per heavy atom. The lowest BCUT2D eigenvalue weighted by Crippen LogP contribution is -2.45. The van der Waals surface area contributed by atoms with E-state index in [1.165, 1.54) is 6.42 Å². The van der Waals surface area contributed by atoms with Crippen molar-refractivity contribution >= 4 is 11.9 Å². The fraction of sp³-hybridized carbons (Fsp3) is 0.619. The maximum absolute atomic E-state index is 11.8. The molecule has 2 aliphatic rings. The lowest BCUT2D eigenvalue weighted by molar-refractivity contribution is -0.127. The quantitative estimate of drug-likeness (QED) is 0.408. The number of fused-ring (bicyclic) bond motifs is 1. The Morgan fingerprint density at radius 1 is 1.22 bits per heavy atom. The van der Waals surface area contributed by atoms with E-state index >= 15 is 0 Å². The topological polar surface area (TPSA) is 74.8 Å². The number of carbonyl (C=O) groups is 1. The Kier molecular flexibility index (Phi) is 6.24. The lowest BCUT2D eigenvalue weighted by Gasteiger charge is -2.38. The van der Waals surface area contributed by atoms with Crippen molar-refractivity contribution in [3.8, 4) is 5.75 Å². The summed E-state index contributed by atoms with van der Waals surface area (Å²) in [5.74, 6) is 2.17. The number of rotatable bonds is 6. The first-order chi connectivity index (χ1) is 13.0. The van der Waals surface area contributed by atoms with Gasteiger partial charge in [0.2, 0.25) is 5.91 Å². The molecular weight excluding hydrogens is 340 g/mol. The smallest absolute Gasteiger partial charge is 0.223 e. The van der Waals surface area contributed by atoms with E-state index in [9.17, 15) is 4.79 Å². The molecule has 1 amide bonds. The maximum Gasteiger partial charge on any atom is 0.223 e. The van der Waals surface area contributed by atoms with Gasteiger partial charge in [-0.3, -0.25) is 9.79 Å². The van der Waals surface area contributed by atoms with Crippen LogP contribution in [0.1, 0.15) is 57.6 Å². The molecule has 0 radical (unpaired) electrons. The summed E-state index contributed by atoms with van der Waals surface area (Å²) in [6, 6.07) is 8.31. The molecule has 6 nitrogen and oxygen atoms in total. The summed E-state index contributed by atoms with van der Waals surface area (Å²) in [5, 5.41) is 9.90. The van der Waals surface area contributed by atoms with Crippen LogP contribution in [0.15, 0.2) is 29.3 Å². The number of para-hydroxylation sites is 1. The lowest BCUT2D eigenvalue weighted by atomic mass is 9.85. The first kappa shape index (κ1) is 19.5. The second-order valence-corrected chi connectivity index (χ2v) is 8.07. The minimum absolute atomic E-state index is 0.148. The second kappa shape index (κ2) is 8.63. The Labute approximate surface area is 162 Å². The zero-order chi connectivity index (χ0) is 19.3. The summed E-state index contributed by atoms with van der Waals surface area (Å²) < 4.78 is 6.09. The van der Waals surface area contributed by atoms with Crippen LogP contribution in [-0.2, 0) is 4.79 Å². The van der Waals surface area contributed by atoms with E-state index in [2.05, 4.69) is 40.9 Å². The van der Waals surface area contributed by atoms with Gasteiger partial charge in [-0.05, 0) is 39.2 Å². The highest BCUT2D eigenvalue weighted by Gasteiger charge is 2.33. The predicted molar refractivity (Wildman–Crippen MR) is 108 cm³/mol. The van der Waals surface area contributed by atoms with Gasteiger partial charge < -0.3 is 20.7 Å². The molecule has 27 heavy (non-hydrogen) atoms. The van der Waals surface area contributed by atoms with Crippen molar-refractivity contribution in [1.82, 2.24) is 16.0 Å². The molecule has 1 saturated carbocycles. The van der Waals surface area contributed by atoms with E-state index in [4.69, 9.17) is 4.74 Å². The molecule has 3 N–H and O–H groups in total. The highest BCUT2D eigenvalue weighted by molar-refractivity contribution is 5.80. The molecule has 0 bridgehead atoms. The average molecular weight is 373 g/mol. The largest absolute Gasteiger partial charge is 0.487 e. The number of hydrogen-bond donors (Lipinski definition) is 3. The zero-order valence-electron chi connectivity index (χ0n) is 16.7. The molecule has 1 fully saturated rings. The number of aliphatic imine (C=N–C) groups is 1. The van der Waals surface area contributed by atoms with E-state index < -0.39 is 0 Å². The van der Waals surface area contributed by atoms with Crippen LogP contribution in [0.4, 0.5) is 0 Å². The van der Waals surface area contributed by atoms with Gasteiger partial charge in [-0.15, -0.1) is 0 Å². The third-order valence-electron chi connectivity index (χ3n) is 5.33. The van der Waals surface area contributed by atoms with Crippen LogP contribution in [0.25, 0.3) is 0 Å². The van der Waals surface area contributed by atoms with E-state index in [1.54, 1.807) is 7.05 Å². The number of carbonyl (C=O) groups excluding carboxylic acids is 1. The highest BCUT2D eigenvalue weighted by Crippen LogP contribution is 2.39. The van der Waals surface area contributed by atoms with Gasteiger partial charge in [-0.1, -0.05) is 24.6 Å². The third kappa shape index (κ3) is 5.15. The molecule has 1 unspecified atom stereocenters. The third-order valence-corrected chi connectivity index (χ3v) is 5.33. The summed E-state index contributed by atoms with van der Waals surface area (Å²) in [6.07, 6.45) is 5.01. The van der Waals surface area contributed by atoms with Crippen LogP contribution in [0.3, 0.4) is 0 Å². The molecule has 1 aliphatic heterocycles. The van der Waals surface area contributed by atoms with Crippen LogP contribution in [0, 0.1) is 5.92 Å². The SMILES string of the molecule is CN=C(NCCCNC(=O)C1CCC1)NC1CC(C)(C)Oc2ccccc21. The Hall–Kier alpha value is -2.24. The van der Waals surface area contributed by atoms with Crippen molar-refractivity contribution in [3.05, 3.63) is 29.8 Å². The highest BCUT2D eigenvalue weighted by atomic mass is 16.5. The molecule has 1 aromatic rings.